The molecule has 1 aliphatic rings. The van der Waals surface area contributed by atoms with Gasteiger partial charge in [-0.2, -0.15) is 0 Å². The summed E-state index contributed by atoms with van der Waals surface area (Å²) in [5.74, 6) is -0.211. The second kappa shape index (κ2) is 6.82. The van der Waals surface area contributed by atoms with Crippen LogP contribution in [0.15, 0.2) is 30.3 Å². The molecule has 21 heavy (non-hydrogen) atoms. The average molecular weight is 317 g/mol. The Morgan fingerprint density at radius 3 is 2.57 bits per heavy atom. The van der Waals surface area contributed by atoms with Crippen LogP contribution in [0.1, 0.15) is 5.56 Å². The molecule has 0 aromatic heterocycles. The van der Waals surface area contributed by atoms with E-state index in [1.807, 2.05) is 0 Å². The Balaban J connectivity index is 2.08. The van der Waals surface area contributed by atoms with Crippen molar-refractivity contribution < 1.29 is 28.1 Å². The van der Waals surface area contributed by atoms with Crippen LogP contribution >= 0.6 is 0 Å². The molecule has 4 atom stereocenters. The Kier molecular flexibility index (Phi) is 5.31. The van der Waals surface area contributed by atoms with E-state index >= 15 is 0 Å². The highest BCUT2D eigenvalue weighted by atomic mass is 32.2. The molecule has 1 aliphatic heterocycles. The van der Waals surface area contributed by atoms with Gasteiger partial charge in [0.15, 0.2) is 6.29 Å². The number of aliphatic hydroxyl groups excluding tert-OH is 2. The third-order valence-corrected chi connectivity index (χ3v) is 4.62. The predicted octanol–water partition coefficient (Wildman–Crippen LogP) is -0.801. The summed E-state index contributed by atoms with van der Waals surface area (Å²) in [7, 11) is -2.33. The number of hydrogen-bond donors (Lipinski definition) is 3. The third kappa shape index (κ3) is 4.00. The standard InChI is InChI=1S/C13H19NO6S/c1-19-13-11(12(16)10(7-15)20-13)14-21(17,18)8-9-5-3-2-4-6-9/h2-6,10-16H,7-8H2,1H3. The molecule has 0 aliphatic carbocycles. The summed E-state index contributed by atoms with van der Waals surface area (Å²) in [5.41, 5.74) is 0.631. The van der Waals surface area contributed by atoms with Gasteiger partial charge in [0, 0.05) is 7.11 Å². The topological polar surface area (TPSA) is 105 Å². The molecule has 7 nitrogen and oxygen atoms in total. The van der Waals surface area contributed by atoms with Crippen LogP contribution in [-0.2, 0) is 25.2 Å². The summed E-state index contributed by atoms with van der Waals surface area (Å²) in [4.78, 5) is 0. The van der Waals surface area contributed by atoms with E-state index in [-0.39, 0.29) is 5.75 Å². The molecule has 1 fully saturated rings. The van der Waals surface area contributed by atoms with Gasteiger partial charge in [0.1, 0.15) is 18.2 Å². The number of sulfonamides is 1. The molecule has 1 aromatic carbocycles. The van der Waals surface area contributed by atoms with Gasteiger partial charge < -0.3 is 19.7 Å². The lowest BCUT2D eigenvalue weighted by molar-refractivity contribution is -0.131. The first-order valence-electron chi connectivity index (χ1n) is 6.48. The van der Waals surface area contributed by atoms with Gasteiger partial charge in [0.05, 0.1) is 12.4 Å². The maximum absolute atomic E-state index is 12.2. The van der Waals surface area contributed by atoms with Crippen LogP contribution in [0.5, 0.6) is 0 Å². The highest BCUT2D eigenvalue weighted by molar-refractivity contribution is 7.88. The van der Waals surface area contributed by atoms with Gasteiger partial charge in [-0.3, -0.25) is 0 Å². The van der Waals surface area contributed by atoms with Crippen molar-refractivity contribution in [3.05, 3.63) is 35.9 Å². The first-order chi connectivity index (χ1) is 9.96. The Labute approximate surface area is 123 Å². The Morgan fingerprint density at radius 2 is 2.00 bits per heavy atom. The monoisotopic (exact) mass is 317 g/mol. The molecule has 118 valence electrons. The zero-order chi connectivity index (χ0) is 15.5. The Morgan fingerprint density at radius 1 is 1.33 bits per heavy atom. The number of methoxy groups -OCH3 is 1. The van der Waals surface area contributed by atoms with Gasteiger partial charge in [0.25, 0.3) is 0 Å². The number of ether oxygens (including phenoxy) is 2. The minimum absolute atomic E-state index is 0.211. The molecule has 2 rings (SSSR count). The van der Waals surface area contributed by atoms with Gasteiger partial charge in [-0.15, -0.1) is 0 Å². The van der Waals surface area contributed by atoms with Crippen LogP contribution in [0.25, 0.3) is 0 Å². The first-order valence-corrected chi connectivity index (χ1v) is 8.13. The molecule has 4 unspecified atom stereocenters. The van der Waals surface area contributed by atoms with Crippen molar-refractivity contribution in [3.63, 3.8) is 0 Å². The highest BCUT2D eigenvalue weighted by Gasteiger charge is 2.45. The van der Waals surface area contributed by atoms with Crippen molar-refractivity contribution in [2.45, 2.75) is 30.3 Å². The number of hydrogen-bond acceptors (Lipinski definition) is 6. The molecular formula is C13H19NO6S. The lowest BCUT2D eigenvalue weighted by atomic mass is 10.1. The lowest BCUT2D eigenvalue weighted by Gasteiger charge is -2.20. The van der Waals surface area contributed by atoms with Crippen molar-refractivity contribution in [1.82, 2.24) is 4.72 Å². The van der Waals surface area contributed by atoms with Crippen molar-refractivity contribution in [3.8, 4) is 0 Å². The quantitative estimate of drug-likeness (QED) is 0.634. The van der Waals surface area contributed by atoms with Gasteiger partial charge in [-0.05, 0) is 5.56 Å². The number of rotatable bonds is 6. The normalized spacial score (nSPS) is 29.7. The Hall–Kier alpha value is -1.03. The molecule has 1 aromatic rings. The molecule has 1 saturated heterocycles. The van der Waals surface area contributed by atoms with E-state index in [1.54, 1.807) is 30.3 Å². The predicted molar refractivity (Wildman–Crippen MR) is 74.8 cm³/mol. The smallest absolute Gasteiger partial charge is 0.216 e. The van der Waals surface area contributed by atoms with E-state index in [0.717, 1.165) is 0 Å². The highest BCUT2D eigenvalue weighted by Crippen LogP contribution is 2.22. The lowest BCUT2D eigenvalue weighted by Crippen LogP contribution is -2.48. The van der Waals surface area contributed by atoms with Gasteiger partial charge >= 0.3 is 0 Å². The molecular weight excluding hydrogens is 298 g/mol. The molecule has 8 heteroatoms. The molecule has 0 spiro atoms. The van der Waals surface area contributed by atoms with Gasteiger partial charge in [-0.1, -0.05) is 30.3 Å². The zero-order valence-corrected chi connectivity index (χ0v) is 12.4. The van der Waals surface area contributed by atoms with E-state index in [0.29, 0.717) is 5.56 Å². The Bertz CT molecular complexity index is 547. The van der Waals surface area contributed by atoms with E-state index in [2.05, 4.69) is 4.72 Å². The fourth-order valence-corrected chi connectivity index (χ4v) is 3.63. The van der Waals surface area contributed by atoms with Crippen molar-refractivity contribution in [2.24, 2.45) is 0 Å². The molecule has 0 saturated carbocycles. The largest absolute Gasteiger partial charge is 0.394 e. The SMILES string of the molecule is COC1OC(CO)C(O)C1NS(=O)(=O)Cc1ccccc1. The minimum Gasteiger partial charge on any atom is -0.394 e. The minimum atomic E-state index is -3.68. The van der Waals surface area contributed by atoms with Crippen molar-refractivity contribution in [1.29, 1.82) is 0 Å². The molecule has 1 heterocycles. The second-order valence-corrected chi connectivity index (χ2v) is 6.59. The maximum atomic E-state index is 12.2. The van der Waals surface area contributed by atoms with Crippen LogP contribution in [0.2, 0.25) is 0 Å². The molecule has 0 bridgehead atoms. The van der Waals surface area contributed by atoms with Crippen LogP contribution < -0.4 is 4.72 Å². The van der Waals surface area contributed by atoms with E-state index in [9.17, 15) is 13.5 Å². The van der Waals surface area contributed by atoms with Crippen LogP contribution in [0, 0.1) is 0 Å². The van der Waals surface area contributed by atoms with Gasteiger partial charge in [-0.25, -0.2) is 13.1 Å². The molecule has 0 radical (unpaired) electrons. The van der Waals surface area contributed by atoms with Gasteiger partial charge in [0.2, 0.25) is 10.0 Å². The van der Waals surface area contributed by atoms with E-state index < -0.39 is 41.2 Å². The fraction of sp³-hybridized carbons (Fsp3) is 0.538. The number of nitrogens with one attached hydrogen (secondary N) is 1. The third-order valence-electron chi connectivity index (χ3n) is 3.28. The zero-order valence-electron chi connectivity index (χ0n) is 11.5. The maximum Gasteiger partial charge on any atom is 0.216 e. The fourth-order valence-electron chi connectivity index (χ4n) is 2.25. The summed E-state index contributed by atoms with van der Waals surface area (Å²) in [6.45, 7) is -0.419. The summed E-state index contributed by atoms with van der Waals surface area (Å²) in [6.07, 6.45) is -2.99. The van der Waals surface area contributed by atoms with E-state index in [4.69, 9.17) is 14.6 Å². The summed E-state index contributed by atoms with van der Waals surface area (Å²) < 4.78 is 36.9. The second-order valence-electron chi connectivity index (χ2n) is 4.84. The summed E-state index contributed by atoms with van der Waals surface area (Å²) in [6, 6.07) is 7.73. The summed E-state index contributed by atoms with van der Waals surface area (Å²) in [5, 5.41) is 19.1. The molecule has 3 N–H and O–H groups in total. The summed E-state index contributed by atoms with van der Waals surface area (Å²) >= 11 is 0. The molecule has 0 amide bonds. The average Bonchev–Trinajstić information content (AvgIpc) is 2.75. The van der Waals surface area contributed by atoms with E-state index in [1.165, 1.54) is 7.11 Å². The van der Waals surface area contributed by atoms with Crippen molar-refractivity contribution >= 4 is 10.0 Å². The van der Waals surface area contributed by atoms with Crippen LogP contribution in [-0.4, -0.2) is 56.9 Å². The van der Waals surface area contributed by atoms with Crippen LogP contribution in [0.4, 0.5) is 0 Å². The van der Waals surface area contributed by atoms with Crippen molar-refractivity contribution in [2.75, 3.05) is 13.7 Å². The first kappa shape index (κ1) is 16.3. The number of aliphatic hydroxyl groups is 2. The number of benzene rings is 1. The van der Waals surface area contributed by atoms with Crippen LogP contribution in [0.3, 0.4) is 0 Å².